The lowest BCUT2D eigenvalue weighted by atomic mass is 10.00. The molecule has 0 bridgehead atoms. The molecule has 1 unspecified atom stereocenters. The highest BCUT2D eigenvalue weighted by atomic mass is 32.1. The molecule has 0 fully saturated rings. The molecule has 154 valence electrons. The van der Waals surface area contributed by atoms with Gasteiger partial charge in [0, 0.05) is 11.4 Å². The molecular weight excluding hydrogens is 423 g/mol. The number of carbonyl (C=O) groups excluding carboxylic acids is 2. The van der Waals surface area contributed by atoms with Crippen LogP contribution in [0.5, 0.6) is 0 Å². The number of aryl methyl sites for hydroxylation is 2. The van der Waals surface area contributed by atoms with Gasteiger partial charge in [-0.05, 0) is 49.4 Å². The van der Waals surface area contributed by atoms with Gasteiger partial charge in [0.15, 0.2) is 5.76 Å². The first-order valence-corrected chi connectivity index (χ1v) is 11.1. The maximum absolute atomic E-state index is 13.3. The number of hydrogen-bond donors (Lipinski definition) is 1. The van der Waals surface area contributed by atoms with Crippen LogP contribution in [0.25, 0.3) is 0 Å². The molecule has 1 atom stereocenters. The Kier molecular flexibility index (Phi) is 5.53. The Labute approximate surface area is 181 Å². The first kappa shape index (κ1) is 20.4. The molecule has 0 saturated carbocycles. The molecular formula is C22H19FN2O3S2. The van der Waals surface area contributed by atoms with E-state index in [9.17, 15) is 19.1 Å². The molecule has 1 aliphatic heterocycles. The number of thiophene rings is 1. The number of hydrogen-bond acceptors (Lipinski definition) is 6. The van der Waals surface area contributed by atoms with Gasteiger partial charge in [0.1, 0.15) is 5.82 Å². The number of Topliss-reactive ketones (excluding diaryl/α,β-unsaturated/α-hetero) is 1. The molecule has 1 aromatic carbocycles. The molecule has 3 heterocycles. The van der Waals surface area contributed by atoms with Crippen molar-refractivity contribution in [1.82, 2.24) is 9.88 Å². The lowest BCUT2D eigenvalue weighted by molar-refractivity contribution is -0.129. The zero-order valence-corrected chi connectivity index (χ0v) is 18.0. The number of carbonyl (C=O) groups is 2. The summed E-state index contributed by atoms with van der Waals surface area (Å²) in [6, 6.07) is 9.12. The number of ketones is 1. The van der Waals surface area contributed by atoms with E-state index in [0.717, 1.165) is 15.4 Å². The number of aliphatic hydroxyl groups is 1. The van der Waals surface area contributed by atoms with Crippen molar-refractivity contribution in [3.8, 4) is 0 Å². The fraction of sp³-hybridized carbons (Fsp3) is 0.227. The van der Waals surface area contributed by atoms with Gasteiger partial charge in [-0.15, -0.1) is 22.7 Å². The predicted molar refractivity (Wildman–Crippen MR) is 114 cm³/mol. The second kappa shape index (κ2) is 8.12. The number of halogens is 1. The highest BCUT2D eigenvalue weighted by Crippen LogP contribution is 2.41. The molecule has 1 aliphatic rings. The molecule has 30 heavy (non-hydrogen) atoms. The van der Waals surface area contributed by atoms with Crippen LogP contribution < -0.4 is 0 Å². The Morgan fingerprint density at radius 1 is 1.23 bits per heavy atom. The summed E-state index contributed by atoms with van der Waals surface area (Å²) in [5, 5.41) is 13.3. The van der Waals surface area contributed by atoms with E-state index in [1.807, 2.05) is 24.4 Å². The van der Waals surface area contributed by atoms with Crippen molar-refractivity contribution in [3.05, 3.63) is 84.9 Å². The van der Waals surface area contributed by atoms with Crippen molar-refractivity contribution in [2.75, 3.05) is 6.54 Å². The largest absolute Gasteiger partial charge is 0.503 e. The summed E-state index contributed by atoms with van der Waals surface area (Å²) in [5.74, 6) is -1.78. The van der Waals surface area contributed by atoms with E-state index in [4.69, 9.17) is 0 Å². The Morgan fingerprint density at radius 3 is 2.57 bits per heavy atom. The van der Waals surface area contributed by atoms with Gasteiger partial charge in [-0.2, -0.15) is 0 Å². The van der Waals surface area contributed by atoms with Gasteiger partial charge in [0.25, 0.3) is 5.91 Å². The number of nitrogens with zero attached hydrogens (tertiary/aromatic N) is 2. The zero-order chi connectivity index (χ0) is 21.4. The fourth-order valence-electron chi connectivity index (χ4n) is 3.62. The van der Waals surface area contributed by atoms with Gasteiger partial charge in [-0.25, -0.2) is 9.37 Å². The third kappa shape index (κ3) is 3.68. The van der Waals surface area contributed by atoms with Gasteiger partial charge >= 0.3 is 0 Å². The third-order valence-corrected chi connectivity index (χ3v) is 7.02. The Bertz CT molecular complexity index is 1130. The Morgan fingerprint density at radius 2 is 1.97 bits per heavy atom. The molecule has 4 rings (SSSR count). The maximum Gasteiger partial charge on any atom is 0.290 e. The van der Waals surface area contributed by atoms with Crippen molar-refractivity contribution in [3.63, 3.8) is 0 Å². The molecule has 3 aromatic rings. The normalized spacial score (nSPS) is 16.6. The van der Waals surface area contributed by atoms with Crippen LogP contribution in [0.4, 0.5) is 4.39 Å². The fourth-order valence-corrected chi connectivity index (χ4v) is 5.34. The third-order valence-electron chi connectivity index (χ3n) is 5.03. The number of amides is 1. The molecule has 2 aromatic heterocycles. The van der Waals surface area contributed by atoms with Gasteiger partial charge in [-0.1, -0.05) is 18.2 Å². The van der Waals surface area contributed by atoms with E-state index in [-0.39, 0.29) is 23.7 Å². The number of benzene rings is 1. The summed E-state index contributed by atoms with van der Waals surface area (Å²) in [4.78, 5) is 33.3. The number of thiazole rings is 1. The summed E-state index contributed by atoms with van der Waals surface area (Å²) in [7, 11) is 0. The highest BCUT2D eigenvalue weighted by molar-refractivity contribution is 7.14. The van der Waals surface area contributed by atoms with E-state index in [2.05, 4.69) is 4.98 Å². The minimum Gasteiger partial charge on any atom is -0.503 e. The molecule has 1 N–H and O–H groups in total. The predicted octanol–water partition coefficient (Wildman–Crippen LogP) is 4.78. The lowest BCUT2D eigenvalue weighted by Gasteiger charge is -2.25. The van der Waals surface area contributed by atoms with Crippen LogP contribution in [0.3, 0.4) is 0 Å². The average Bonchev–Trinajstić information content (AvgIpc) is 3.41. The molecule has 0 spiro atoms. The van der Waals surface area contributed by atoms with E-state index >= 15 is 0 Å². The summed E-state index contributed by atoms with van der Waals surface area (Å²) in [6.07, 6.45) is 0.474. The molecule has 0 aliphatic carbocycles. The molecule has 5 nitrogen and oxygen atoms in total. The van der Waals surface area contributed by atoms with Crippen LogP contribution in [-0.2, 0) is 11.2 Å². The van der Waals surface area contributed by atoms with Crippen LogP contribution in [-0.4, -0.2) is 33.2 Å². The van der Waals surface area contributed by atoms with Crippen LogP contribution in [0.15, 0.2) is 53.1 Å². The van der Waals surface area contributed by atoms with Crippen molar-refractivity contribution in [2.24, 2.45) is 0 Å². The number of rotatable bonds is 6. The van der Waals surface area contributed by atoms with Gasteiger partial charge < -0.3 is 10.0 Å². The number of aliphatic hydroxyl groups excluding tert-OH is 1. The van der Waals surface area contributed by atoms with Crippen molar-refractivity contribution in [2.45, 2.75) is 26.3 Å². The van der Waals surface area contributed by atoms with Crippen molar-refractivity contribution < 1.29 is 19.1 Å². The molecule has 0 radical (unpaired) electrons. The maximum atomic E-state index is 13.3. The molecule has 1 amide bonds. The monoisotopic (exact) mass is 442 g/mol. The first-order valence-electron chi connectivity index (χ1n) is 9.37. The first-order chi connectivity index (χ1) is 14.4. The Hall–Kier alpha value is -2.84. The SMILES string of the molecule is Cc1nc(C)c(C(=O)C2=C(O)C(=O)N(CCc3ccc(F)cc3)C2c2cccs2)s1. The minimum atomic E-state index is -0.660. The quantitative estimate of drug-likeness (QED) is 0.558. The average molecular weight is 443 g/mol. The topological polar surface area (TPSA) is 70.5 Å². The number of aromatic nitrogens is 1. The molecule has 8 heteroatoms. The van der Waals surface area contributed by atoms with Crippen LogP contribution in [0.2, 0.25) is 0 Å². The van der Waals surface area contributed by atoms with Crippen molar-refractivity contribution >= 4 is 34.4 Å². The van der Waals surface area contributed by atoms with Gasteiger partial charge in [0.05, 0.1) is 27.2 Å². The zero-order valence-electron chi connectivity index (χ0n) is 16.4. The van der Waals surface area contributed by atoms with E-state index in [1.54, 1.807) is 19.1 Å². The summed E-state index contributed by atoms with van der Waals surface area (Å²) in [5.41, 5.74) is 1.54. The standard InChI is InChI=1S/C22H19FN2O3S2/c1-12-21(30-13(2)24-12)19(26)17-18(16-4-3-11-29-16)25(22(28)20(17)27)10-9-14-5-7-15(23)8-6-14/h3-8,11,18,27H,9-10H2,1-2H3. The smallest absolute Gasteiger partial charge is 0.290 e. The van der Waals surface area contributed by atoms with Crippen LogP contribution in [0, 0.1) is 19.7 Å². The summed E-state index contributed by atoms with van der Waals surface area (Å²) >= 11 is 2.68. The molecule has 0 saturated heterocycles. The minimum absolute atomic E-state index is 0.0910. The van der Waals surface area contributed by atoms with Gasteiger partial charge in [-0.3, -0.25) is 9.59 Å². The Balaban J connectivity index is 1.68. The summed E-state index contributed by atoms with van der Waals surface area (Å²) < 4.78 is 13.2. The second-order valence-corrected chi connectivity index (χ2v) is 9.21. The van der Waals surface area contributed by atoms with E-state index in [1.165, 1.54) is 39.7 Å². The van der Waals surface area contributed by atoms with Crippen LogP contribution >= 0.6 is 22.7 Å². The lowest BCUT2D eigenvalue weighted by Crippen LogP contribution is -2.32. The second-order valence-electron chi connectivity index (χ2n) is 7.03. The summed E-state index contributed by atoms with van der Waals surface area (Å²) in [6.45, 7) is 3.85. The van der Waals surface area contributed by atoms with Gasteiger partial charge in [0.2, 0.25) is 5.78 Å². The van der Waals surface area contributed by atoms with Crippen molar-refractivity contribution in [1.29, 1.82) is 0 Å². The van der Waals surface area contributed by atoms with E-state index < -0.39 is 17.7 Å². The van der Waals surface area contributed by atoms with Crippen LogP contribution in [0.1, 0.15) is 36.9 Å². The van der Waals surface area contributed by atoms with E-state index in [0.29, 0.717) is 17.0 Å². The highest BCUT2D eigenvalue weighted by Gasteiger charge is 2.44.